The van der Waals surface area contributed by atoms with Crippen LogP contribution in [0.4, 0.5) is 5.69 Å². The molecule has 80 valence electrons. The van der Waals surface area contributed by atoms with E-state index < -0.39 is 0 Å². The van der Waals surface area contributed by atoms with Crippen molar-refractivity contribution in [1.82, 2.24) is 0 Å². The van der Waals surface area contributed by atoms with Gasteiger partial charge in [-0.05, 0) is 60.5 Å². The third-order valence-electron chi connectivity index (χ3n) is 3.30. The summed E-state index contributed by atoms with van der Waals surface area (Å²) < 4.78 is 0. The van der Waals surface area contributed by atoms with Gasteiger partial charge in [-0.25, -0.2) is 0 Å². The molecule has 0 bridgehead atoms. The van der Waals surface area contributed by atoms with Gasteiger partial charge in [0.2, 0.25) is 0 Å². The first-order valence-electron chi connectivity index (χ1n) is 5.49. The van der Waals surface area contributed by atoms with Gasteiger partial charge in [0, 0.05) is 0 Å². The second-order valence-electron chi connectivity index (χ2n) is 4.19. The minimum atomic E-state index is 0.594. The Morgan fingerprint density at radius 1 is 1.33 bits per heavy atom. The highest BCUT2D eigenvalue weighted by molar-refractivity contribution is 5.50. The molecule has 2 rings (SSSR count). The van der Waals surface area contributed by atoms with Crippen LogP contribution in [0.3, 0.4) is 0 Å². The standard InChI is InChI=1S/C12H16N2O/c13-8-9-4-6-10-2-1-3-12(14-15)11(10)7-5-9/h1-3,9H,4-8,13H2. The molecule has 3 nitrogen and oxygen atoms in total. The van der Waals surface area contributed by atoms with Gasteiger partial charge in [0.1, 0.15) is 5.69 Å². The molecule has 15 heavy (non-hydrogen) atoms. The normalized spacial score (nSPS) is 20.5. The lowest BCUT2D eigenvalue weighted by Gasteiger charge is -2.08. The average molecular weight is 204 g/mol. The van der Waals surface area contributed by atoms with Gasteiger partial charge in [-0.3, -0.25) is 0 Å². The lowest BCUT2D eigenvalue weighted by molar-refractivity contribution is 0.476. The van der Waals surface area contributed by atoms with Crippen molar-refractivity contribution in [3.63, 3.8) is 0 Å². The summed E-state index contributed by atoms with van der Waals surface area (Å²) in [5.41, 5.74) is 8.73. The summed E-state index contributed by atoms with van der Waals surface area (Å²) in [6, 6.07) is 5.82. The van der Waals surface area contributed by atoms with E-state index in [0.717, 1.165) is 37.8 Å². The maximum absolute atomic E-state index is 10.7. The fourth-order valence-corrected chi connectivity index (χ4v) is 2.32. The third-order valence-corrected chi connectivity index (χ3v) is 3.30. The number of rotatable bonds is 2. The fourth-order valence-electron chi connectivity index (χ4n) is 2.32. The Bertz CT molecular complexity index is 363. The van der Waals surface area contributed by atoms with Gasteiger partial charge >= 0.3 is 0 Å². The zero-order chi connectivity index (χ0) is 10.7. The Balaban J connectivity index is 2.30. The molecule has 0 saturated carbocycles. The second-order valence-corrected chi connectivity index (χ2v) is 4.19. The molecule has 1 aromatic carbocycles. The number of benzene rings is 1. The Morgan fingerprint density at radius 3 is 2.87 bits per heavy atom. The van der Waals surface area contributed by atoms with Crippen LogP contribution < -0.4 is 5.73 Å². The molecule has 0 saturated heterocycles. The SMILES string of the molecule is NCC1CCc2cccc(N=O)c2CC1. The van der Waals surface area contributed by atoms with E-state index in [1.807, 2.05) is 6.07 Å². The van der Waals surface area contributed by atoms with Crippen LogP contribution in [-0.2, 0) is 12.8 Å². The van der Waals surface area contributed by atoms with Crippen molar-refractivity contribution < 1.29 is 0 Å². The fraction of sp³-hybridized carbons (Fsp3) is 0.500. The molecule has 1 atom stereocenters. The van der Waals surface area contributed by atoms with Crippen LogP contribution in [0, 0.1) is 10.8 Å². The highest BCUT2D eigenvalue weighted by Gasteiger charge is 2.17. The topological polar surface area (TPSA) is 55.4 Å². The second kappa shape index (κ2) is 4.53. The third kappa shape index (κ3) is 2.07. The van der Waals surface area contributed by atoms with Crippen molar-refractivity contribution in [2.75, 3.05) is 6.54 Å². The maximum Gasteiger partial charge on any atom is 0.111 e. The lowest BCUT2D eigenvalue weighted by Crippen LogP contribution is -2.14. The molecule has 1 unspecified atom stereocenters. The van der Waals surface area contributed by atoms with Crippen molar-refractivity contribution in [2.24, 2.45) is 16.8 Å². The van der Waals surface area contributed by atoms with Crippen molar-refractivity contribution in [3.8, 4) is 0 Å². The Kier molecular flexibility index (Phi) is 3.11. The van der Waals surface area contributed by atoms with Crippen LogP contribution >= 0.6 is 0 Å². The number of fused-ring (bicyclic) bond motifs is 1. The molecule has 0 heterocycles. The number of nitrogens with two attached hydrogens (primary N) is 1. The molecule has 0 aliphatic heterocycles. The smallest absolute Gasteiger partial charge is 0.111 e. The lowest BCUT2D eigenvalue weighted by atomic mass is 10.00. The van der Waals surface area contributed by atoms with Crippen molar-refractivity contribution in [3.05, 3.63) is 34.2 Å². The summed E-state index contributed by atoms with van der Waals surface area (Å²) in [5.74, 6) is 0.594. The van der Waals surface area contributed by atoms with E-state index in [9.17, 15) is 4.91 Å². The van der Waals surface area contributed by atoms with Gasteiger partial charge in [-0.1, -0.05) is 12.1 Å². The average Bonchev–Trinajstić information content (AvgIpc) is 2.50. The molecule has 0 radical (unpaired) electrons. The van der Waals surface area contributed by atoms with Crippen LogP contribution in [0.1, 0.15) is 24.0 Å². The summed E-state index contributed by atoms with van der Waals surface area (Å²) >= 11 is 0. The summed E-state index contributed by atoms with van der Waals surface area (Å²) in [4.78, 5) is 10.7. The summed E-state index contributed by atoms with van der Waals surface area (Å²) in [6.07, 6.45) is 4.18. The zero-order valence-electron chi connectivity index (χ0n) is 8.78. The van der Waals surface area contributed by atoms with Gasteiger partial charge in [0.05, 0.1) is 0 Å². The summed E-state index contributed by atoms with van der Waals surface area (Å²) in [6.45, 7) is 0.748. The van der Waals surface area contributed by atoms with E-state index in [1.54, 1.807) is 6.07 Å². The number of nitroso groups, excluding NO2 is 1. The molecule has 1 aliphatic carbocycles. The minimum absolute atomic E-state index is 0.594. The quantitative estimate of drug-likeness (QED) is 0.594. The number of hydrogen-bond acceptors (Lipinski definition) is 3. The molecule has 1 aromatic rings. The van der Waals surface area contributed by atoms with Crippen molar-refractivity contribution in [1.29, 1.82) is 0 Å². The van der Waals surface area contributed by atoms with Gasteiger partial charge in [0.25, 0.3) is 0 Å². The molecular weight excluding hydrogens is 188 g/mol. The Morgan fingerprint density at radius 2 is 2.13 bits per heavy atom. The van der Waals surface area contributed by atoms with E-state index >= 15 is 0 Å². The molecule has 1 aliphatic rings. The number of nitrogens with zero attached hydrogens (tertiary/aromatic N) is 1. The van der Waals surface area contributed by atoms with Gasteiger partial charge in [0.15, 0.2) is 0 Å². The Labute approximate surface area is 89.6 Å². The first-order valence-corrected chi connectivity index (χ1v) is 5.49. The van der Waals surface area contributed by atoms with E-state index in [1.165, 1.54) is 5.56 Å². The number of hydrogen-bond donors (Lipinski definition) is 1. The van der Waals surface area contributed by atoms with Crippen molar-refractivity contribution in [2.45, 2.75) is 25.7 Å². The predicted molar refractivity (Wildman–Crippen MR) is 61.1 cm³/mol. The molecule has 0 aromatic heterocycles. The highest BCUT2D eigenvalue weighted by Crippen LogP contribution is 2.30. The predicted octanol–water partition coefficient (Wildman–Crippen LogP) is 2.54. The monoisotopic (exact) mass is 204 g/mol. The van der Waals surface area contributed by atoms with E-state index in [2.05, 4.69) is 11.2 Å². The van der Waals surface area contributed by atoms with Gasteiger partial charge in [-0.15, -0.1) is 4.91 Å². The Hall–Kier alpha value is -1.22. The van der Waals surface area contributed by atoms with Crippen LogP contribution in [0.25, 0.3) is 0 Å². The summed E-state index contributed by atoms with van der Waals surface area (Å²) in [7, 11) is 0. The first-order chi connectivity index (χ1) is 7.35. The molecule has 0 amide bonds. The van der Waals surface area contributed by atoms with Crippen LogP contribution in [0.5, 0.6) is 0 Å². The van der Waals surface area contributed by atoms with E-state index in [0.29, 0.717) is 11.6 Å². The van der Waals surface area contributed by atoms with Crippen LogP contribution in [-0.4, -0.2) is 6.54 Å². The van der Waals surface area contributed by atoms with Crippen molar-refractivity contribution >= 4 is 5.69 Å². The molecule has 0 fully saturated rings. The van der Waals surface area contributed by atoms with E-state index in [4.69, 9.17) is 5.73 Å². The largest absolute Gasteiger partial charge is 0.330 e. The maximum atomic E-state index is 10.7. The first kappa shape index (κ1) is 10.3. The van der Waals surface area contributed by atoms with E-state index in [-0.39, 0.29) is 0 Å². The molecule has 3 heteroatoms. The van der Waals surface area contributed by atoms with Gasteiger partial charge in [-0.2, -0.15) is 0 Å². The van der Waals surface area contributed by atoms with Crippen LogP contribution in [0.2, 0.25) is 0 Å². The number of aryl methyl sites for hydroxylation is 1. The molecule has 0 spiro atoms. The van der Waals surface area contributed by atoms with Crippen LogP contribution in [0.15, 0.2) is 23.4 Å². The molecule has 2 N–H and O–H groups in total. The highest BCUT2D eigenvalue weighted by atomic mass is 16.3. The summed E-state index contributed by atoms with van der Waals surface area (Å²) in [5, 5.41) is 3.10. The zero-order valence-corrected chi connectivity index (χ0v) is 8.78. The minimum Gasteiger partial charge on any atom is -0.330 e. The molecular formula is C12H16N2O. The van der Waals surface area contributed by atoms with Gasteiger partial charge < -0.3 is 5.73 Å².